The Morgan fingerprint density at radius 2 is 1.91 bits per heavy atom. The molecule has 1 aliphatic rings. The Kier molecular flexibility index (Phi) is 4.91. The number of furan rings is 1. The fraction of sp³-hybridized carbons (Fsp3) is 0.474. The van der Waals surface area contributed by atoms with E-state index in [0.29, 0.717) is 5.92 Å². The first-order chi connectivity index (χ1) is 11.2. The third kappa shape index (κ3) is 3.88. The van der Waals surface area contributed by atoms with Crippen LogP contribution in [0.1, 0.15) is 36.3 Å². The fourth-order valence-corrected chi connectivity index (χ4v) is 2.89. The van der Waals surface area contributed by atoms with Crippen LogP contribution in [-0.2, 0) is 13.0 Å². The smallest absolute Gasteiger partial charge is 0.160 e. The molecular formula is C19H25NO3. The summed E-state index contributed by atoms with van der Waals surface area (Å²) in [6.45, 7) is 3.94. The maximum atomic E-state index is 5.90. The molecule has 1 aliphatic carbocycles. The summed E-state index contributed by atoms with van der Waals surface area (Å²) in [5, 5.41) is 3.43. The van der Waals surface area contributed by atoms with Crippen molar-refractivity contribution in [1.29, 1.82) is 0 Å². The molecule has 0 radical (unpaired) electrons. The third-order valence-electron chi connectivity index (χ3n) is 4.49. The summed E-state index contributed by atoms with van der Waals surface area (Å²) < 4.78 is 16.5. The van der Waals surface area contributed by atoms with Gasteiger partial charge in [-0.05, 0) is 55.1 Å². The Labute approximate surface area is 137 Å². The van der Waals surface area contributed by atoms with Crippen molar-refractivity contribution < 1.29 is 13.9 Å². The average molecular weight is 315 g/mol. The van der Waals surface area contributed by atoms with Crippen LogP contribution in [0, 0.1) is 5.92 Å². The highest BCUT2D eigenvalue weighted by molar-refractivity contribution is 5.42. The summed E-state index contributed by atoms with van der Waals surface area (Å²) in [4.78, 5) is 0. The second kappa shape index (κ2) is 7.09. The SMILES string of the molecule is COc1ccc(CCNCc2ccc(C3CC3C)o2)cc1OC. The number of ether oxygens (including phenoxy) is 2. The first kappa shape index (κ1) is 15.9. The molecule has 1 aromatic heterocycles. The van der Waals surface area contributed by atoms with E-state index in [1.54, 1.807) is 14.2 Å². The predicted molar refractivity (Wildman–Crippen MR) is 90.2 cm³/mol. The van der Waals surface area contributed by atoms with Crippen molar-refractivity contribution in [3.63, 3.8) is 0 Å². The van der Waals surface area contributed by atoms with E-state index in [9.17, 15) is 0 Å². The topological polar surface area (TPSA) is 43.6 Å². The van der Waals surface area contributed by atoms with Gasteiger partial charge < -0.3 is 19.2 Å². The van der Waals surface area contributed by atoms with Gasteiger partial charge in [0.05, 0.1) is 20.8 Å². The lowest BCUT2D eigenvalue weighted by molar-refractivity contribution is 0.354. The summed E-state index contributed by atoms with van der Waals surface area (Å²) >= 11 is 0. The van der Waals surface area contributed by atoms with Gasteiger partial charge in [0.15, 0.2) is 11.5 Å². The van der Waals surface area contributed by atoms with Gasteiger partial charge >= 0.3 is 0 Å². The largest absolute Gasteiger partial charge is 0.493 e. The number of hydrogen-bond acceptors (Lipinski definition) is 4. The molecule has 4 nitrogen and oxygen atoms in total. The Balaban J connectivity index is 1.45. The van der Waals surface area contributed by atoms with Crippen LogP contribution in [0.25, 0.3) is 0 Å². The zero-order chi connectivity index (χ0) is 16.2. The molecule has 124 valence electrons. The van der Waals surface area contributed by atoms with E-state index < -0.39 is 0 Å². The monoisotopic (exact) mass is 315 g/mol. The molecule has 0 saturated heterocycles. The minimum absolute atomic E-state index is 0.649. The van der Waals surface area contributed by atoms with E-state index in [4.69, 9.17) is 13.9 Å². The zero-order valence-corrected chi connectivity index (χ0v) is 14.1. The van der Waals surface area contributed by atoms with Crippen LogP contribution in [0.2, 0.25) is 0 Å². The highest BCUT2D eigenvalue weighted by atomic mass is 16.5. The van der Waals surface area contributed by atoms with Gasteiger partial charge in [-0.3, -0.25) is 0 Å². The predicted octanol–water partition coefficient (Wildman–Crippen LogP) is 3.75. The molecule has 2 unspecified atom stereocenters. The first-order valence-corrected chi connectivity index (χ1v) is 8.21. The van der Waals surface area contributed by atoms with Gasteiger partial charge in [0.2, 0.25) is 0 Å². The molecule has 1 fully saturated rings. The maximum absolute atomic E-state index is 5.90. The molecule has 1 heterocycles. The average Bonchev–Trinajstić information content (AvgIpc) is 3.12. The lowest BCUT2D eigenvalue weighted by Crippen LogP contribution is -2.16. The van der Waals surface area contributed by atoms with Crippen LogP contribution in [0.4, 0.5) is 0 Å². The van der Waals surface area contributed by atoms with Crippen LogP contribution in [-0.4, -0.2) is 20.8 Å². The first-order valence-electron chi connectivity index (χ1n) is 8.21. The van der Waals surface area contributed by atoms with E-state index in [2.05, 4.69) is 30.4 Å². The minimum Gasteiger partial charge on any atom is -0.493 e. The van der Waals surface area contributed by atoms with Crippen LogP contribution >= 0.6 is 0 Å². The van der Waals surface area contributed by atoms with Crippen LogP contribution in [0.3, 0.4) is 0 Å². The van der Waals surface area contributed by atoms with E-state index in [1.165, 1.54) is 12.0 Å². The molecule has 0 aliphatic heterocycles. The van der Waals surface area contributed by atoms with Crippen molar-refractivity contribution >= 4 is 0 Å². The second-order valence-electron chi connectivity index (χ2n) is 6.24. The summed E-state index contributed by atoms with van der Waals surface area (Å²) in [7, 11) is 3.31. The van der Waals surface area contributed by atoms with Gasteiger partial charge in [-0.15, -0.1) is 0 Å². The van der Waals surface area contributed by atoms with E-state index in [1.807, 2.05) is 12.1 Å². The molecule has 1 N–H and O–H groups in total. The molecule has 23 heavy (non-hydrogen) atoms. The van der Waals surface area contributed by atoms with Gasteiger partial charge in [0.25, 0.3) is 0 Å². The van der Waals surface area contributed by atoms with E-state index in [0.717, 1.165) is 48.4 Å². The van der Waals surface area contributed by atoms with Gasteiger partial charge in [0, 0.05) is 5.92 Å². The van der Waals surface area contributed by atoms with Crippen molar-refractivity contribution in [2.45, 2.75) is 32.2 Å². The summed E-state index contributed by atoms with van der Waals surface area (Å²) in [6, 6.07) is 10.3. The molecule has 0 spiro atoms. The minimum atomic E-state index is 0.649. The number of hydrogen-bond donors (Lipinski definition) is 1. The summed E-state index contributed by atoms with van der Waals surface area (Å²) in [5.74, 6) is 5.14. The summed E-state index contributed by atoms with van der Waals surface area (Å²) in [6.07, 6.45) is 2.20. The lowest BCUT2D eigenvalue weighted by atomic mass is 10.1. The summed E-state index contributed by atoms with van der Waals surface area (Å²) in [5.41, 5.74) is 1.22. The Morgan fingerprint density at radius 1 is 1.13 bits per heavy atom. The van der Waals surface area contributed by atoms with Crippen molar-refractivity contribution in [2.75, 3.05) is 20.8 Å². The quantitative estimate of drug-likeness (QED) is 0.753. The molecule has 1 saturated carbocycles. The lowest BCUT2D eigenvalue weighted by Gasteiger charge is -2.09. The van der Waals surface area contributed by atoms with Crippen LogP contribution < -0.4 is 14.8 Å². The van der Waals surface area contributed by atoms with Gasteiger partial charge in [-0.2, -0.15) is 0 Å². The van der Waals surface area contributed by atoms with Crippen molar-refractivity contribution in [2.24, 2.45) is 5.92 Å². The molecule has 4 heteroatoms. The molecule has 0 bridgehead atoms. The van der Waals surface area contributed by atoms with Gasteiger partial charge in [-0.1, -0.05) is 13.0 Å². The Morgan fingerprint density at radius 3 is 2.61 bits per heavy atom. The maximum Gasteiger partial charge on any atom is 0.160 e. The molecular weight excluding hydrogens is 290 g/mol. The highest BCUT2D eigenvalue weighted by Crippen LogP contribution is 2.47. The normalized spacial score (nSPS) is 19.6. The zero-order valence-electron chi connectivity index (χ0n) is 14.1. The molecule has 3 rings (SSSR count). The van der Waals surface area contributed by atoms with Crippen molar-refractivity contribution in [3.8, 4) is 11.5 Å². The van der Waals surface area contributed by atoms with Crippen molar-refractivity contribution in [3.05, 3.63) is 47.4 Å². The molecule has 1 aromatic carbocycles. The van der Waals surface area contributed by atoms with E-state index >= 15 is 0 Å². The van der Waals surface area contributed by atoms with E-state index in [-0.39, 0.29) is 0 Å². The number of nitrogens with one attached hydrogen (secondary N) is 1. The molecule has 2 atom stereocenters. The Bertz CT molecular complexity index is 650. The number of rotatable bonds is 8. The number of methoxy groups -OCH3 is 2. The van der Waals surface area contributed by atoms with Crippen molar-refractivity contribution in [1.82, 2.24) is 5.32 Å². The van der Waals surface area contributed by atoms with Crippen LogP contribution in [0.5, 0.6) is 11.5 Å². The standard InChI is InChI=1S/C19H25NO3/c1-13-10-16(13)17-7-5-15(23-17)12-20-9-8-14-4-6-18(21-2)19(11-14)22-3/h4-7,11,13,16,20H,8-10,12H2,1-3H3. The Hall–Kier alpha value is -1.94. The highest BCUT2D eigenvalue weighted by Gasteiger charge is 2.36. The van der Waals surface area contributed by atoms with Crippen LogP contribution in [0.15, 0.2) is 34.7 Å². The van der Waals surface area contributed by atoms with Gasteiger partial charge in [0.1, 0.15) is 11.5 Å². The molecule has 2 aromatic rings. The number of benzene rings is 1. The molecule has 0 amide bonds. The van der Waals surface area contributed by atoms with Gasteiger partial charge in [-0.25, -0.2) is 0 Å². The second-order valence-corrected chi connectivity index (χ2v) is 6.24. The third-order valence-corrected chi connectivity index (χ3v) is 4.49. The fourth-order valence-electron chi connectivity index (χ4n) is 2.89.